The summed E-state index contributed by atoms with van der Waals surface area (Å²) in [5, 5.41) is 2.64. The van der Waals surface area contributed by atoms with E-state index in [0.29, 0.717) is 29.5 Å². The van der Waals surface area contributed by atoms with Crippen molar-refractivity contribution >= 4 is 27.3 Å². The number of carbonyl (C=O) groups is 1. The Bertz CT molecular complexity index is 863. The minimum absolute atomic E-state index is 0.0951. The van der Waals surface area contributed by atoms with Crippen LogP contribution in [-0.2, 0) is 14.8 Å². The van der Waals surface area contributed by atoms with E-state index in [-0.39, 0.29) is 17.4 Å². The second-order valence-corrected chi connectivity index (χ2v) is 6.74. The van der Waals surface area contributed by atoms with Gasteiger partial charge in [0.05, 0.1) is 22.9 Å². The molecule has 0 fully saturated rings. The van der Waals surface area contributed by atoms with Crippen LogP contribution in [0, 0.1) is 0 Å². The van der Waals surface area contributed by atoms with Crippen molar-refractivity contribution in [1.29, 1.82) is 0 Å². The molecule has 2 aromatic carbocycles. The summed E-state index contributed by atoms with van der Waals surface area (Å²) in [6.45, 7) is 2.27. The smallest absolute Gasteiger partial charge is 0.262 e. The van der Waals surface area contributed by atoms with Crippen LogP contribution in [0.15, 0.2) is 47.4 Å². The van der Waals surface area contributed by atoms with Crippen LogP contribution in [-0.4, -0.2) is 27.5 Å². The Labute approximate surface area is 139 Å². The lowest BCUT2D eigenvalue weighted by Crippen LogP contribution is -2.25. The fraction of sp³-hybridized carbons (Fsp3) is 0.188. The molecule has 0 radical (unpaired) electrons. The molecule has 24 heavy (non-hydrogen) atoms. The number of amides is 1. The van der Waals surface area contributed by atoms with E-state index >= 15 is 0 Å². The molecule has 0 bridgehead atoms. The zero-order chi connectivity index (χ0) is 17.2. The van der Waals surface area contributed by atoms with Gasteiger partial charge in [0.2, 0.25) is 0 Å². The Morgan fingerprint density at radius 2 is 1.96 bits per heavy atom. The summed E-state index contributed by atoms with van der Waals surface area (Å²) >= 11 is 0. The number of anilines is 2. The molecule has 8 heteroatoms. The van der Waals surface area contributed by atoms with Gasteiger partial charge in [0.1, 0.15) is 11.5 Å². The molecule has 1 aliphatic heterocycles. The number of ether oxygens (including phenoxy) is 2. The summed E-state index contributed by atoms with van der Waals surface area (Å²) in [5.74, 6) is 0.779. The van der Waals surface area contributed by atoms with Crippen molar-refractivity contribution in [3.8, 4) is 11.5 Å². The average molecular weight is 348 g/mol. The van der Waals surface area contributed by atoms with Crippen LogP contribution in [0.4, 0.5) is 11.4 Å². The molecule has 2 aromatic rings. The van der Waals surface area contributed by atoms with Gasteiger partial charge in [-0.1, -0.05) is 0 Å². The van der Waals surface area contributed by atoms with Gasteiger partial charge in [0.25, 0.3) is 15.9 Å². The highest BCUT2D eigenvalue weighted by Crippen LogP contribution is 2.31. The predicted octanol–water partition coefficient (Wildman–Crippen LogP) is 2.22. The van der Waals surface area contributed by atoms with E-state index in [9.17, 15) is 13.2 Å². The topological polar surface area (TPSA) is 93.7 Å². The molecule has 0 spiro atoms. The maximum Gasteiger partial charge on any atom is 0.262 e. The molecule has 7 nitrogen and oxygen atoms in total. The molecule has 1 heterocycles. The number of nitrogens with one attached hydrogen (secondary N) is 2. The molecule has 3 rings (SSSR count). The van der Waals surface area contributed by atoms with E-state index < -0.39 is 10.0 Å². The van der Waals surface area contributed by atoms with Gasteiger partial charge in [0, 0.05) is 6.07 Å². The minimum atomic E-state index is -3.73. The van der Waals surface area contributed by atoms with Crippen molar-refractivity contribution in [1.82, 2.24) is 0 Å². The molecule has 0 aliphatic carbocycles. The first-order chi connectivity index (χ1) is 11.5. The van der Waals surface area contributed by atoms with E-state index in [1.165, 1.54) is 18.2 Å². The van der Waals surface area contributed by atoms with E-state index in [0.717, 1.165) is 0 Å². The highest BCUT2D eigenvalue weighted by molar-refractivity contribution is 7.92. The quantitative estimate of drug-likeness (QED) is 0.864. The molecule has 126 valence electrons. The summed E-state index contributed by atoms with van der Waals surface area (Å²) in [7, 11) is -3.73. The van der Waals surface area contributed by atoms with Crippen molar-refractivity contribution < 1.29 is 22.7 Å². The SMILES string of the molecule is CCOc1ccc(S(=O)(=O)Nc2ccc3c(c2)OCC(=O)N3)cc1. The standard InChI is InChI=1S/C16H16N2O5S/c1-2-22-12-4-6-13(7-5-12)24(20,21)18-11-3-8-14-15(9-11)23-10-16(19)17-14/h3-9,18H,2,10H2,1H3,(H,17,19). The maximum absolute atomic E-state index is 12.4. The Morgan fingerprint density at radius 1 is 1.21 bits per heavy atom. The first-order valence-electron chi connectivity index (χ1n) is 7.30. The molecular formula is C16H16N2O5S. The van der Waals surface area contributed by atoms with Gasteiger partial charge in [0.15, 0.2) is 6.61 Å². The second-order valence-electron chi connectivity index (χ2n) is 5.06. The Kier molecular flexibility index (Phi) is 4.30. The van der Waals surface area contributed by atoms with E-state index in [2.05, 4.69) is 10.0 Å². The van der Waals surface area contributed by atoms with Gasteiger partial charge in [-0.2, -0.15) is 0 Å². The molecule has 1 amide bonds. The van der Waals surface area contributed by atoms with Crippen molar-refractivity contribution in [3.05, 3.63) is 42.5 Å². The lowest BCUT2D eigenvalue weighted by molar-refractivity contribution is -0.118. The van der Waals surface area contributed by atoms with Gasteiger partial charge in [-0.25, -0.2) is 8.42 Å². The van der Waals surface area contributed by atoms with Crippen molar-refractivity contribution in [2.45, 2.75) is 11.8 Å². The van der Waals surface area contributed by atoms with Crippen LogP contribution in [0.2, 0.25) is 0 Å². The van der Waals surface area contributed by atoms with Gasteiger partial charge >= 0.3 is 0 Å². The Morgan fingerprint density at radius 3 is 2.67 bits per heavy atom. The van der Waals surface area contributed by atoms with Crippen LogP contribution >= 0.6 is 0 Å². The zero-order valence-electron chi connectivity index (χ0n) is 12.9. The van der Waals surface area contributed by atoms with E-state index in [1.807, 2.05) is 6.92 Å². The van der Waals surface area contributed by atoms with Crippen molar-refractivity contribution in [3.63, 3.8) is 0 Å². The third-order valence-electron chi connectivity index (χ3n) is 3.31. The summed E-state index contributed by atoms with van der Waals surface area (Å²) in [6.07, 6.45) is 0. The molecule has 0 aromatic heterocycles. The van der Waals surface area contributed by atoms with Gasteiger partial charge in [-0.15, -0.1) is 0 Å². The predicted molar refractivity (Wildman–Crippen MR) is 89.0 cm³/mol. The number of sulfonamides is 1. The Hall–Kier alpha value is -2.74. The molecule has 0 saturated heterocycles. The van der Waals surface area contributed by atoms with Crippen LogP contribution in [0.3, 0.4) is 0 Å². The molecule has 1 aliphatic rings. The lowest BCUT2D eigenvalue weighted by Gasteiger charge is -2.18. The van der Waals surface area contributed by atoms with E-state index in [1.54, 1.807) is 24.3 Å². The molecular weight excluding hydrogens is 332 g/mol. The molecule has 2 N–H and O–H groups in total. The van der Waals surface area contributed by atoms with Crippen LogP contribution in [0.25, 0.3) is 0 Å². The second kappa shape index (κ2) is 6.40. The zero-order valence-corrected chi connectivity index (χ0v) is 13.7. The number of fused-ring (bicyclic) bond motifs is 1. The first kappa shape index (κ1) is 16.1. The lowest BCUT2D eigenvalue weighted by atomic mass is 10.2. The number of hydrogen-bond donors (Lipinski definition) is 2. The van der Waals surface area contributed by atoms with Crippen LogP contribution in [0.5, 0.6) is 11.5 Å². The Balaban J connectivity index is 1.80. The summed E-state index contributed by atoms with van der Waals surface area (Å²) in [6, 6.07) is 10.8. The summed E-state index contributed by atoms with van der Waals surface area (Å²) in [5.41, 5.74) is 0.856. The average Bonchev–Trinajstić information content (AvgIpc) is 2.55. The fourth-order valence-electron chi connectivity index (χ4n) is 2.23. The van der Waals surface area contributed by atoms with Crippen molar-refractivity contribution in [2.75, 3.05) is 23.3 Å². The van der Waals surface area contributed by atoms with Crippen LogP contribution in [0.1, 0.15) is 6.92 Å². The van der Waals surface area contributed by atoms with Crippen molar-refractivity contribution in [2.24, 2.45) is 0 Å². The first-order valence-corrected chi connectivity index (χ1v) is 8.78. The number of carbonyl (C=O) groups excluding carboxylic acids is 1. The van der Waals surface area contributed by atoms with Gasteiger partial charge in [-0.05, 0) is 43.3 Å². The number of benzene rings is 2. The van der Waals surface area contributed by atoms with Gasteiger partial charge < -0.3 is 14.8 Å². The molecule has 0 unspecified atom stereocenters. The number of rotatable bonds is 5. The maximum atomic E-state index is 12.4. The van der Waals surface area contributed by atoms with E-state index in [4.69, 9.17) is 9.47 Å². The third-order valence-corrected chi connectivity index (χ3v) is 4.71. The number of hydrogen-bond acceptors (Lipinski definition) is 5. The van der Waals surface area contributed by atoms with Gasteiger partial charge in [-0.3, -0.25) is 9.52 Å². The third kappa shape index (κ3) is 3.43. The highest BCUT2D eigenvalue weighted by Gasteiger charge is 2.19. The highest BCUT2D eigenvalue weighted by atomic mass is 32.2. The molecule has 0 atom stereocenters. The molecule has 0 saturated carbocycles. The summed E-state index contributed by atoms with van der Waals surface area (Å²) in [4.78, 5) is 11.4. The largest absolute Gasteiger partial charge is 0.494 e. The normalized spacial score (nSPS) is 13.5. The summed E-state index contributed by atoms with van der Waals surface area (Å²) < 4.78 is 37.9. The fourth-order valence-corrected chi connectivity index (χ4v) is 3.28. The van der Waals surface area contributed by atoms with Crippen LogP contribution < -0.4 is 19.5 Å². The minimum Gasteiger partial charge on any atom is -0.494 e. The monoisotopic (exact) mass is 348 g/mol.